The Bertz CT molecular complexity index is 766. The second kappa shape index (κ2) is 10.9. The van der Waals surface area contributed by atoms with Crippen LogP contribution in [-0.4, -0.2) is 24.1 Å². The van der Waals surface area contributed by atoms with Crippen LogP contribution in [0, 0.1) is 0 Å². The number of hydrogen-bond acceptors (Lipinski definition) is 5. The molecule has 0 bridgehead atoms. The Morgan fingerprint density at radius 2 is 1.89 bits per heavy atom. The highest BCUT2D eigenvalue weighted by Crippen LogP contribution is 2.32. The molecule has 2 N–H and O–H groups in total. The lowest BCUT2D eigenvalue weighted by atomic mass is 10.1. The van der Waals surface area contributed by atoms with Crippen molar-refractivity contribution in [3.63, 3.8) is 0 Å². The van der Waals surface area contributed by atoms with Crippen molar-refractivity contribution in [3.8, 4) is 5.75 Å². The average Bonchev–Trinajstić information content (AvgIpc) is 3.10. The fourth-order valence-electron chi connectivity index (χ4n) is 2.68. The molecule has 0 fully saturated rings. The number of nitrogens with one attached hydrogen (secondary N) is 1. The Morgan fingerprint density at radius 1 is 1.15 bits per heavy atom. The Morgan fingerprint density at radius 3 is 2.56 bits per heavy atom. The van der Waals surface area contributed by atoms with E-state index < -0.39 is 5.91 Å². The van der Waals surface area contributed by atoms with Gasteiger partial charge >= 0.3 is 0 Å². The third-order valence-electron chi connectivity index (χ3n) is 4.04. The lowest BCUT2D eigenvalue weighted by Crippen LogP contribution is -2.30. The average molecular weight is 411 g/mol. The molecule has 0 radical (unpaired) electrons. The summed E-state index contributed by atoms with van der Waals surface area (Å²) in [6, 6.07) is 11.1. The van der Waals surface area contributed by atoms with Crippen LogP contribution in [-0.2, 0) is 16.1 Å². The summed E-state index contributed by atoms with van der Waals surface area (Å²) in [5.74, 6) is 0.204. The molecule has 1 heterocycles. The summed E-state index contributed by atoms with van der Waals surface area (Å²) in [4.78, 5) is 26.6. The molecule has 0 aliphatic rings. The van der Waals surface area contributed by atoms with Gasteiger partial charge < -0.3 is 9.64 Å². The van der Waals surface area contributed by atoms with E-state index in [1.54, 1.807) is 17.5 Å². The van der Waals surface area contributed by atoms with Crippen molar-refractivity contribution in [3.05, 3.63) is 45.6 Å². The highest BCUT2D eigenvalue weighted by Gasteiger charge is 2.20. The minimum atomic E-state index is -0.411. The number of halogens is 1. The third kappa shape index (κ3) is 6.53. The SMILES string of the molecule is COc1ccccc1N(Cc1ccc(Cl)s1)C(=O)CCCCCC(=O)NO. The lowest BCUT2D eigenvalue weighted by molar-refractivity contribution is -0.129. The molecular weight excluding hydrogens is 388 g/mol. The quantitative estimate of drug-likeness (QED) is 0.345. The Hall–Kier alpha value is -2.09. The normalized spacial score (nSPS) is 10.5. The van der Waals surface area contributed by atoms with Crippen LogP contribution in [0.25, 0.3) is 0 Å². The van der Waals surface area contributed by atoms with Gasteiger partial charge in [-0.05, 0) is 37.1 Å². The van der Waals surface area contributed by atoms with Crippen LogP contribution in [0.5, 0.6) is 5.75 Å². The van der Waals surface area contributed by atoms with Gasteiger partial charge in [0.2, 0.25) is 11.8 Å². The molecule has 146 valence electrons. The summed E-state index contributed by atoms with van der Waals surface area (Å²) in [6.07, 6.45) is 2.61. The van der Waals surface area contributed by atoms with Gasteiger partial charge in [0, 0.05) is 17.7 Å². The molecule has 0 unspecified atom stereocenters. The molecule has 2 rings (SSSR count). The van der Waals surface area contributed by atoms with Crippen molar-refractivity contribution >= 4 is 40.4 Å². The van der Waals surface area contributed by atoms with E-state index in [1.165, 1.54) is 11.3 Å². The Labute approximate surface area is 167 Å². The second-order valence-electron chi connectivity index (χ2n) is 5.95. The molecule has 0 atom stereocenters. The smallest absolute Gasteiger partial charge is 0.243 e. The van der Waals surface area contributed by atoms with Crippen LogP contribution >= 0.6 is 22.9 Å². The minimum absolute atomic E-state index is 0.0179. The molecule has 1 aromatic heterocycles. The van der Waals surface area contributed by atoms with E-state index >= 15 is 0 Å². The molecule has 2 amide bonds. The number of carbonyl (C=O) groups excluding carboxylic acids is 2. The first-order valence-corrected chi connectivity index (χ1v) is 9.85. The van der Waals surface area contributed by atoms with E-state index in [9.17, 15) is 9.59 Å². The fraction of sp³-hybridized carbons (Fsp3) is 0.368. The van der Waals surface area contributed by atoms with Crippen molar-refractivity contribution in [1.82, 2.24) is 5.48 Å². The van der Waals surface area contributed by atoms with Gasteiger partial charge in [0.1, 0.15) is 5.75 Å². The van der Waals surface area contributed by atoms with Crippen LogP contribution in [0.1, 0.15) is 37.0 Å². The molecule has 6 nitrogen and oxygen atoms in total. The number of hydrogen-bond donors (Lipinski definition) is 2. The number of hydroxylamine groups is 1. The number of ether oxygens (including phenoxy) is 1. The van der Waals surface area contributed by atoms with Crippen molar-refractivity contribution < 1.29 is 19.5 Å². The van der Waals surface area contributed by atoms with E-state index in [-0.39, 0.29) is 12.3 Å². The van der Waals surface area contributed by atoms with Crippen LogP contribution in [0.3, 0.4) is 0 Å². The van der Waals surface area contributed by atoms with Crippen molar-refractivity contribution in [1.29, 1.82) is 0 Å². The molecule has 0 aliphatic carbocycles. The topological polar surface area (TPSA) is 78.9 Å². The first kappa shape index (κ1) is 21.2. The van der Waals surface area contributed by atoms with Crippen LogP contribution in [0.4, 0.5) is 5.69 Å². The monoisotopic (exact) mass is 410 g/mol. The number of carbonyl (C=O) groups is 2. The van der Waals surface area contributed by atoms with E-state index in [0.29, 0.717) is 41.6 Å². The number of benzene rings is 1. The molecule has 8 heteroatoms. The van der Waals surface area contributed by atoms with E-state index in [0.717, 1.165) is 11.3 Å². The maximum Gasteiger partial charge on any atom is 0.243 e. The fourth-order valence-corrected chi connectivity index (χ4v) is 3.76. The molecule has 0 saturated heterocycles. The third-order valence-corrected chi connectivity index (χ3v) is 5.25. The Kier molecular flexibility index (Phi) is 8.57. The van der Waals surface area contributed by atoms with Crippen molar-refractivity contribution in [2.45, 2.75) is 38.6 Å². The van der Waals surface area contributed by atoms with Gasteiger partial charge in [-0.1, -0.05) is 30.2 Å². The highest BCUT2D eigenvalue weighted by atomic mass is 35.5. The zero-order valence-electron chi connectivity index (χ0n) is 15.1. The molecule has 1 aromatic carbocycles. The van der Waals surface area contributed by atoms with Gasteiger partial charge in [0.25, 0.3) is 0 Å². The van der Waals surface area contributed by atoms with Gasteiger partial charge in [0.05, 0.1) is 23.7 Å². The first-order valence-electron chi connectivity index (χ1n) is 8.65. The molecule has 0 saturated carbocycles. The van der Waals surface area contributed by atoms with Crippen molar-refractivity contribution in [2.75, 3.05) is 12.0 Å². The maximum absolute atomic E-state index is 12.9. The largest absolute Gasteiger partial charge is 0.495 e. The summed E-state index contributed by atoms with van der Waals surface area (Å²) in [6.45, 7) is 0.420. The number of thiophene rings is 1. The summed E-state index contributed by atoms with van der Waals surface area (Å²) < 4.78 is 6.10. The molecule has 27 heavy (non-hydrogen) atoms. The summed E-state index contributed by atoms with van der Waals surface area (Å²) in [5, 5.41) is 8.49. The van der Waals surface area contributed by atoms with E-state index in [4.69, 9.17) is 21.5 Å². The zero-order valence-corrected chi connectivity index (χ0v) is 16.7. The number of rotatable bonds is 10. The lowest BCUT2D eigenvalue weighted by Gasteiger charge is -2.24. The second-order valence-corrected chi connectivity index (χ2v) is 7.75. The number of nitrogens with zero attached hydrogens (tertiary/aromatic N) is 1. The molecule has 0 aliphatic heterocycles. The van der Waals surface area contributed by atoms with Gasteiger partial charge in [0.15, 0.2) is 0 Å². The molecule has 2 aromatic rings. The van der Waals surface area contributed by atoms with Crippen LogP contribution < -0.4 is 15.1 Å². The van der Waals surface area contributed by atoms with Gasteiger partial charge in [-0.15, -0.1) is 11.3 Å². The maximum atomic E-state index is 12.9. The predicted molar refractivity (Wildman–Crippen MR) is 107 cm³/mol. The summed E-state index contributed by atoms with van der Waals surface area (Å²) in [5.41, 5.74) is 2.33. The predicted octanol–water partition coefficient (Wildman–Crippen LogP) is 4.40. The highest BCUT2D eigenvalue weighted by molar-refractivity contribution is 7.16. The minimum Gasteiger partial charge on any atom is -0.495 e. The Balaban J connectivity index is 2.05. The summed E-state index contributed by atoms with van der Waals surface area (Å²) >= 11 is 7.47. The number of unbranched alkanes of at least 4 members (excludes halogenated alkanes) is 2. The number of para-hydroxylation sites is 2. The molecular formula is C19H23ClN2O4S. The number of methoxy groups -OCH3 is 1. The van der Waals surface area contributed by atoms with Gasteiger partial charge in [-0.2, -0.15) is 0 Å². The molecule has 0 spiro atoms. The zero-order chi connectivity index (χ0) is 19.6. The van der Waals surface area contributed by atoms with Crippen LogP contribution in [0.2, 0.25) is 4.34 Å². The van der Waals surface area contributed by atoms with E-state index in [2.05, 4.69) is 0 Å². The van der Waals surface area contributed by atoms with E-state index in [1.807, 2.05) is 36.4 Å². The first-order chi connectivity index (χ1) is 13.0. The number of anilines is 1. The standard InChI is InChI=1S/C19H23ClN2O4S/c1-26-16-8-6-5-7-15(16)22(13-14-11-12-17(20)27-14)19(24)10-4-2-3-9-18(23)21-25/h5-8,11-12,25H,2-4,9-10,13H2,1H3,(H,21,23). The van der Waals surface area contributed by atoms with Crippen LogP contribution in [0.15, 0.2) is 36.4 Å². The number of amides is 2. The van der Waals surface area contributed by atoms with Crippen molar-refractivity contribution in [2.24, 2.45) is 0 Å². The van der Waals surface area contributed by atoms with Gasteiger partial charge in [-0.3, -0.25) is 14.8 Å². The van der Waals surface area contributed by atoms with Gasteiger partial charge in [-0.25, -0.2) is 5.48 Å². The summed E-state index contributed by atoms with van der Waals surface area (Å²) in [7, 11) is 1.58.